The van der Waals surface area contributed by atoms with Crippen molar-refractivity contribution >= 4 is 59.0 Å². The van der Waals surface area contributed by atoms with Crippen molar-refractivity contribution in [3.8, 4) is 0 Å². The summed E-state index contributed by atoms with van der Waals surface area (Å²) in [5.74, 6) is 2.98. The van der Waals surface area contributed by atoms with Crippen LogP contribution in [0.2, 0.25) is 5.15 Å². The van der Waals surface area contributed by atoms with Gasteiger partial charge in [-0.1, -0.05) is 25.4 Å². The van der Waals surface area contributed by atoms with E-state index >= 15 is 0 Å². The summed E-state index contributed by atoms with van der Waals surface area (Å²) in [6.45, 7) is 23.3. The Balaban J connectivity index is 0.000000481. The van der Waals surface area contributed by atoms with E-state index in [4.69, 9.17) is 24.7 Å². The second-order valence-electron chi connectivity index (χ2n) is 4.77. The minimum absolute atomic E-state index is 0.191. The molecule has 0 bridgehead atoms. The van der Waals surface area contributed by atoms with Gasteiger partial charge in [0.2, 0.25) is 0 Å². The van der Waals surface area contributed by atoms with Gasteiger partial charge in [0.15, 0.2) is 0 Å². The standard InChI is InChI=1S/C9H12N4S.C7H7ClN4.C2H6S/c1-4-11-8-7(10-3)9(14-5-2)13-6-12-8;1-3-10-7-5(9-2)6(8)11-4-12-7;1-2-3/h6H,4-5H2,1-2H3,(H,11,12,13);4H,3H2,1H3,(H,10,11,12);3H,2H2,1H3. The molecule has 11 heteroatoms. The molecular weight excluding hydrogens is 428 g/mol. The zero-order chi connectivity index (χ0) is 22.1. The Kier molecular flexibility index (Phi) is 15.4. The fraction of sp³-hybridized carbons (Fsp3) is 0.444. The fourth-order valence-electron chi connectivity index (χ4n) is 1.76. The first kappa shape index (κ1) is 26.7. The highest BCUT2D eigenvalue weighted by molar-refractivity contribution is 7.99. The predicted molar refractivity (Wildman–Crippen MR) is 126 cm³/mol. The minimum Gasteiger partial charge on any atom is -0.379 e. The lowest BCUT2D eigenvalue weighted by Gasteiger charge is -2.06. The van der Waals surface area contributed by atoms with E-state index in [0.29, 0.717) is 23.9 Å². The molecule has 8 nitrogen and oxygen atoms in total. The van der Waals surface area contributed by atoms with Gasteiger partial charge >= 0.3 is 0 Å². The SMILES string of the molecule is CCS.[C-]#[N+]c1c(Cl)ncnc1NCC.[C-]#[N+]c1c(NCC)ncnc1SCC. The number of rotatable bonds is 6. The normalized spacial score (nSPS) is 8.97. The molecule has 0 unspecified atom stereocenters. The van der Waals surface area contributed by atoms with E-state index in [1.165, 1.54) is 12.7 Å². The molecule has 0 aliphatic carbocycles. The molecule has 0 spiro atoms. The molecular formula is C18H25ClN8S2. The van der Waals surface area contributed by atoms with E-state index in [-0.39, 0.29) is 10.8 Å². The molecule has 0 atom stereocenters. The molecule has 2 N–H and O–H groups in total. The number of hydrogen-bond donors (Lipinski definition) is 3. The van der Waals surface area contributed by atoms with Crippen molar-refractivity contribution in [2.45, 2.75) is 32.7 Å². The summed E-state index contributed by atoms with van der Waals surface area (Å²) in [4.78, 5) is 22.4. The number of hydrogen-bond acceptors (Lipinski definition) is 8. The van der Waals surface area contributed by atoms with Crippen LogP contribution in [0.5, 0.6) is 0 Å². The Morgan fingerprint density at radius 1 is 0.931 bits per heavy atom. The van der Waals surface area contributed by atoms with Gasteiger partial charge in [-0.2, -0.15) is 12.6 Å². The Bertz CT molecular complexity index is 796. The summed E-state index contributed by atoms with van der Waals surface area (Å²) in [6, 6.07) is 0. The minimum atomic E-state index is 0.191. The summed E-state index contributed by atoms with van der Waals surface area (Å²) in [5.41, 5.74) is 0.808. The number of halogens is 1. The third-order valence-electron chi connectivity index (χ3n) is 2.76. The molecule has 2 heterocycles. The number of anilines is 2. The van der Waals surface area contributed by atoms with Crippen LogP contribution in [-0.2, 0) is 0 Å². The second-order valence-corrected chi connectivity index (χ2v) is 7.01. The van der Waals surface area contributed by atoms with Crippen molar-refractivity contribution in [1.82, 2.24) is 19.9 Å². The first-order valence-electron chi connectivity index (χ1n) is 8.86. The van der Waals surface area contributed by atoms with E-state index in [9.17, 15) is 0 Å². The molecule has 2 aromatic rings. The lowest BCUT2D eigenvalue weighted by Crippen LogP contribution is -2.00. The fourth-order valence-corrected chi connectivity index (χ4v) is 2.61. The van der Waals surface area contributed by atoms with Crippen molar-refractivity contribution in [3.63, 3.8) is 0 Å². The smallest absolute Gasteiger partial charge is 0.264 e. The number of thiol groups is 1. The highest BCUT2D eigenvalue weighted by atomic mass is 35.5. The molecule has 29 heavy (non-hydrogen) atoms. The molecule has 0 aliphatic rings. The van der Waals surface area contributed by atoms with Crippen molar-refractivity contribution in [1.29, 1.82) is 0 Å². The quantitative estimate of drug-likeness (QED) is 0.227. The van der Waals surface area contributed by atoms with Gasteiger partial charge < -0.3 is 10.6 Å². The Morgan fingerprint density at radius 3 is 1.86 bits per heavy atom. The Labute approximate surface area is 187 Å². The summed E-state index contributed by atoms with van der Waals surface area (Å²) >= 11 is 11.0. The van der Waals surface area contributed by atoms with E-state index in [0.717, 1.165) is 23.1 Å². The number of aromatic nitrogens is 4. The largest absolute Gasteiger partial charge is 0.379 e. The van der Waals surface area contributed by atoms with Crippen LogP contribution in [0.25, 0.3) is 9.69 Å². The summed E-state index contributed by atoms with van der Waals surface area (Å²) < 4.78 is 0. The molecule has 0 radical (unpaired) electrons. The molecule has 0 aliphatic heterocycles. The number of nitrogens with one attached hydrogen (secondary N) is 2. The van der Waals surface area contributed by atoms with Crippen molar-refractivity contribution < 1.29 is 0 Å². The second kappa shape index (κ2) is 16.7. The molecule has 0 saturated heterocycles. The van der Waals surface area contributed by atoms with Gasteiger partial charge in [0.1, 0.15) is 34.5 Å². The molecule has 156 valence electrons. The van der Waals surface area contributed by atoms with Gasteiger partial charge in [-0.25, -0.2) is 29.6 Å². The molecule has 0 aromatic carbocycles. The van der Waals surface area contributed by atoms with Gasteiger partial charge in [-0.15, -0.1) is 11.8 Å². The van der Waals surface area contributed by atoms with E-state index in [1.54, 1.807) is 11.8 Å². The predicted octanol–water partition coefficient (Wildman–Crippen LogP) is 5.62. The lowest BCUT2D eigenvalue weighted by molar-refractivity contribution is 1.04. The van der Waals surface area contributed by atoms with Gasteiger partial charge in [0.05, 0.1) is 13.1 Å². The monoisotopic (exact) mass is 452 g/mol. The molecule has 2 aromatic heterocycles. The highest BCUT2D eigenvalue weighted by Gasteiger charge is 2.10. The van der Waals surface area contributed by atoms with Crippen LogP contribution in [0.1, 0.15) is 27.7 Å². The van der Waals surface area contributed by atoms with Crippen molar-refractivity contribution in [3.05, 3.63) is 40.6 Å². The van der Waals surface area contributed by atoms with Crippen LogP contribution in [0.4, 0.5) is 23.0 Å². The molecule has 0 saturated carbocycles. The van der Waals surface area contributed by atoms with Gasteiger partial charge in [0.25, 0.3) is 11.4 Å². The van der Waals surface area contributed by atoms with Crippen LogP contribution in [0, 0.1) is 13.1 Å². The highest BCUT2D eigenvalue weighted by Crippen LogP contribution is 2.32. The van der Waals surface area contributed by atoms with Crippen LogP contribution >= 0.6 is 36.0 Å². The van der Waals surface area contributed by atoms with E-state index < -0.39 is 0 Å². The molecule has 0 amide bonds. The Hall–Kier alpha value is -2.27. The van der Waals surface area contributed by atoms with Crippen molar-refractivity contribution in [2.24, 2.45) is 0 Å². The van der Waals surface area contributed by atoms with E-state index in [2.05, 4.69) is 52.9 Å². The molecule has 0 fully saturated rings. The maximum Gasteiger partial charge on any atom is 0.264 e. The van der Waals surface area contributed by atoms with Gasteiger partial charge in [0, 0.05) is 13.1 Å². The summed E-state index contributed by atoms with van der Waals surface area (Å²) in [6.07, 6.45) is 2.82. The number of nitrogens with zero attached hydrogens (tertiary/aromatic N) is 6. The van der Waals surface area contributed by atoms with E-state index in [1.807, 2.05) is 27.7 Å². The third kappa shape index (κ3) is 9.66. The van der Waals surface area contributed by atoms with Crippen LogP contribution in [-0.4, -0.2) is 44.5 Å². The Morgan fingerprint density at radius 2 is 1.41 bits per heavy atom. The zero-order valence-corrected chi connectivity index (χ0v) is 19.4. The third-order valence-corrected chi connectivity index (χ3v) is 3.90. The van der Waals surface area contributed by atoms with Crippen LogP contribution in [0.15, 0.2) is 17.7 Å². The maximum absolute atomic E-state index is 7.07. The molecule has 2 rings (SSSR count). The summed E-state index contributed by atoms with van der Waals surface area (Å²) in [7, 11) is 0. The zero-order valence-electron chi connectivity index (χ0n) is 16.9. The topological polar surface area (TPSA) is 84.3 Å². The van der Waals surface area contributed by atoms with Crippen LogP contribution < -0.4 is 10.6 Å². The lowest BCUT2D eigenvalue weighted by atomic mass is 10.5. The van der Waals surface area contributed by atoms with Crippen LogP contribution in [0.3, 0.4) is 0 Å². The first-order chi connectivity index (χ1) is 14.0. The van der Waals surface area contributed by atoms with Gasteiger partial charge in [-0.05, 0) is 25.4 Å². The first-order valence-corrected chi connectivity index (χ1v) is 10.9. The average molecular weight is 453 g/mol. The van der Waals surface area contributed by atoms with Crippen molar-refractivity contribution in [2.75, 3.05) is 35.2 Å². The maximum atomic E-state index is 7.07. The summed E-state index contributed by atoms with van der Waals surface area (Å²) in [5, 5.41) is 6.91. The number of thioether (sulfide) groups is 1. The van der Waals surface area contributed by atoms with Gasteiger partial charge in [-0.3, -0.25) is 0 Å². The average Bonchev–Trinajstić information content (AvgIpc) is 2.70.